The Morgan fingerprint density at radius 3 is 2.56 bits per heavy atom. The SMILES string of the molecule is O=C(c1ccccc1)N1CC[C@H](CN2CCCc3ccccc3C2)C1. The van der Waals surface area contributed by atoms with Crippen LogP contribution in [0, 0.1) is 5.92 Å². The van der Waals surface area contributed by atoms with Gasteiger partial charge in [-0.05, 0) is 55.0 Å². The van der Waals surface area contributed by atoms with E-state index >= 15 is 0 Å². The van der Waals surface area contributed by atoms with Gasteiger partial charge in [-0.15, -0.1) is 0 Å². The highest BCUT2D eigenvalue weighted by Gasteiger charge is 2.28. The fraction of sp³-hybridized carbons (Fsp3) is 0.409. The van der Waals surface area contributed by atoms with E-state index in [2.05, 4.69) is 29.2 Å². The second-order valence-electron chi connectivity index (χ2n) is 7.38. The minimum Gasteiger partial charge on any atom is -0.338 e. The Balaban J connectivity index is 1.36. The Morgan fingerprint density at radius 2 is 1.72 bits per heavy atom. The van der Waals surface area contributed by atoms with Crippen LogP contribution in [-0.2, 0) is 13.0 Å². The number of likely N-dealkylation sites (tertiary alicyclic amines) is 1. The molecule has 1 amide bonds. The number of carbonyl (C=O) groups is 1. The number of hydrogen-bond donors (Lipinski definition) is 0. The molecule has 1 atom stereocenters. The molecule has 25 heavy (non-hydrogen) atoms. The van der Waals surface area contributed by atoms with Gasteiger partial charge in [-0.3, -0.25) is 9.69 Å². The molecule has 3 heteroatoms. The van der Waals surface area contributed by atoms with E-state index in [0.717, 1.165) is 44.7 Å². The molecule has 130 valence electrons. The van der Waals surface area contributed by atoms with E-state index in [1.807, 2.05) is 35.2 Å². The average molecular weight is 334 g/mol. The first-order chi connectivity index (χ1) is 12.3. The van der Waals surface area contributed by atoms with E-state index in [4.69, 9.17) is 0 Å². The maximum absolute atomic E-state index is 12.6. The lowest BCUT2D eigenvalue weighted by atomic mass is 10.0. The molecule has 0 spiro atoms. The van der Waals surface area contributed by atoms with Crippen molar-refractivity contribution in [1.29, 1.82) is 0 Å². The summed E-state index contributed by atoms with van der Waals surface area (Å²) < 4.78 is 0. The highest BCUT2D eigenvalue weighted by molar-refractivity contribution is 5.94. The number of carbonyl (C=O) groups excluding carboxylic acids is 1. The molecule has 2 aromatic carbocycles. The van der Waals surface area contributed by atoms with Crippen LogP contribution in [0.2, 0.25) is 0 Å². The monoisotopic (exact) mass is 334 g/mol. The first kappa shape index (κ1) is 16.3. The fourth-order valence-electron chi connectivity index (χ4n) is 4.22. The molecule has 2 aliphatic heterocycles. The largest absolute Gasteiger partial charge is 0.338 e. The average Bonchev–Trinajstić information content (AvgIpc) is 3.01. The molecule has 2 aromatic rings. The Labute approximate surface area is 150 Å². The van der Waals surface area contributed by atoms with Crippen molar-refractivity contribution in [2.75, 3.05) is 26.2 Å². The van der Waals surface area contributed by atoms with E-state index in [0.29, 0.717) is 5.92 Å². The molecular weight excluding hydrogens is 308 g/mol. The Morgan fingerprint density at radius 1 is 0.960 bits per heavy atom. The van der Waals surface area contributed by atoms with Gasteiger partial charge in [0.1, 0.15) is 0 Å². The summed E-state index contributed by atoms with van der Waals surface area (Å²) in [6.45, 7) is 5.11. The minimum absolute atomic E-state index is 0.185. The predicted octanol–water partition coefficient (Wildman–Crippen LogP) is 3.60. The van der Waals surface area contributed by atoms with Gasteiger partial charge in [0.2, 0.25) is 0 Å². The van der Waals surface area contributed by atoms with E-state index in [1.54, 1.807) is 0 Å². The Kier molecular flexibility index (Phi) is 4.84. The van der Waals surface area contributed by atoms with Gasteiger partial charge in [0.05, 0.1) is 0 Å². The number of aryl methyl sites for hydroxylation is 1. The third kappa shape index (κ3) is 3.77. The van der Waals surface area contributed by atoms with Gasteiger partial charge in [-0.25, -0.2) is 0 Å². The number of amides is 1. The van der Waals surface area contributed by atoms with Crippen LogP contribution in [-0.4, -0.2) is 41.9 Å². The lowest BCUT2D eigenvalue weighted by Crippen LogP contribution is -2.33. The lowest BCUT2D eigenvalue weighted by Gasteiger charge is -2.24. The van der Waals surface area contributed by atoms with Crippen LogP contribution in [0.15, 0.2) is 54.6 Å². The first-order valence-electron chi connectivity index (χ1n) is 9.43. The number of benzene rings is 2. The van der Waals surface area contributed by atoms with Crippen molar-refractivity contribution in [3.8, 4) is 0 Å². The van der Waals surface area contributed by atoms with Gasteiger partial charge in [-0.1, -0.05) is 42.5 Å². The highest BCUT2D eigenvalue weighted by Crippen LogP contribution is 2.23. The van der Waals surface area contributed by atoms with Crippen molar-refractivity contribution in [2.24, 2.45) is 5.92 Å². The predicted molar refractivity (Wildman–Crippen MR) is 100 cm³/mol. The number of rotatable bonds is 3. The molecule has 3 nitrogen and oxygen atoms in total. The van der Waals surface area contributed by atoms with E-state index in [1.165, 1.54) is 24.0 Å². The Bertz CT molecular complexity index is 728. The van der Waals surface area contributed by atoms with Gasteiger partial charge < -0.3 is 4.90 Å². The molecule has 0 aromatic heterocycles. The maximum Gasteiger partial charge on any atom is 0.253 e. The zero-order valence-corrected chi connectivity index (χ0v) is 14.7. The smallest absolute Gasteiger partial charge is 0.253 e. The van der Waals surface area contributed by atoms with Gasteiger partial charge in [0.15, 0.2) is 0 Å². The summed E-state index contributed by atoms with van der Waals surface area (Å²) in [5.41, 5.74) is 3.80. The van der Waals surface area contributed by atoms with Crippen LogP contribution >= 0.6 is 0 Å². The van der Waals surface area contributed by atoms with Crippen molar-refractivity contribution in [1.82, 2.24) is 9.80 Å². The van der Waals surface area contributed by atoms with Gasteiger partial charge in [0.25, 0.3) is 5.91 Å². The first-order valence-corrected chi connectivity index (χ1v) is 9.43. The number of fused-ring (bicyclic) bond motifs is 1. The topological polar surface area (TPSA) is 23.6 Å². The summed E-state index contributed by atoms with van der Waals surface area (Å²) in [4.78, 5) is 17.2. The summed E-state index contributed by atoms with van der Waals surface area (Å²) >= 11 is 0. The quantitative estimate of drug-likeness (QED) is 0.856. The summed E-state index contributed by atoms with van der Waals surface area (Å²) in [5, 5.41) is 0. The summed E-state index contributed by atoms with van der Waals surface area (Å²) in [6, 6.07) is 18.5. The van der Waals surface area contributed by atoms with E-state index in [-0.39, 0.29) is 5.91 Å². The molecule has 0 unspecified atom stereocenters. The number of nitrogens with zero attached hydrogens (tertiary/aromatic N) is 2. The van der Waals surface area contributed by atoms with Gasteiger partial charge in [-0.2, -0.15) is 0 Å². The van der Waals surface area contributed by atoms with Crippen molar-refractivity contribution in [3.05, 3.63) is 71.3 Å². The molecule has 0 saturated carbocycles. The van der Waals surface area contributed by atoms with Crippen molar-refractivity contribution in [3.63, 3.8) is 0 Å². The highest BCUT2D eigenvalue weighted by atomic mass is 16.2. The summed E-state index contributed by atoms with van der Waals surface area (Å²) in [7, 11) is 0. The van der Waals surface area contributed by atoms with Crippen molar-refractivity contribution in [2.45, 2.75) is 25.8 Å². The normalized spacial score (nSPS) is 21.0. The molecular formula is C22H26N2O. The van der Waals surface area contributed by atoms with Gasteiger partial charge in [0, 0.05) is 31.7 Å². The second kappa shape index (κ2) is 7.40. The van der Waals surface area contributed by atoms with E-state index < -0.39 is 0 Å². The third-order valence-electron chi connectivity index (χ3n) is 5.54. The van der Waals surface area contributed by atoms with Crippen molar-refractivity contribution < 1.29 is 4.79 Å². The molecule has 2 aliphatic rings. The standard InChI is InChI=1S/C22H26N2O/c25-22(20-8-2-1-3-9-20)24-14-12-18(16-24)15-23-13-6-11-19-7-4-5-10-21(19)17-23/h1-5,7-10,18H,6,11-17H2/t18-/m1/s1. The molecule has 4 rings (SSSR count). The molecule has 2 heterocycles. The number of hydrogen-bond acceptors (Lipinski definition) is 2. The minimum atomic E-state index is 0.185. The maximum atomic E-state index is 12.6. The van der Waals surface area contributed by atoms with Crippen LogP contribution < -0.4 is 0 Å². The lowest BCUT2D eigenvalue weighted by molar-refractivity contribution is 0.0783. The molecule has 1 fully saturated rings. The molecule has 1 saturated heterocycles. The van der Waals surface area contributed by atoms with Crippen molar-refractivity contribution >= 4 is 5.91 Å². The summed E-state index contributed by atoms with van der Waals surface area (Å²) in [5.74, 6) is 0.780. The zero-order valence-electron chi connectivity index (χ0n) is 14.7. The van der Waals surface area contributed by atoms with Gasteiger partial charge >= 0.3 is 0 Å². The molecule has 0 aliphatic carbocycles. The van der Waals surface area contributed by atoms with Crippen LogP contribution in [0.5, 0.6) is 0 Å². The zero-order chi connectivity index (χ0) is 17.1. The molecule has 0 bridgehead atoms. The van der Waals surface area contributed by atoms with Crippen LogP contribution in [0.25, 0.3) is 0 Å². The van der Waals surface area contributed by atoms with Crippen LogP contribution in [0.3, 0.4) is 0 Å². The Hall–Kier alpha value is -2.13. The van der Waals surface area contributed by atoms with Crippen LogP contribution in [0.1, 0.15) is 34.3 Å². The summed E-state index contributed by atoms with van der Waals surface area (Å²) in [6.07, 6.45) is 3.54. The fourth-order valence-corrected chi connectivity index (χ4v) is 4.22. The third-order valence-corrected chi connectivity index (χ3v) is 5.54. The second-order valence-corrected chi connectivity index (χ2v) is 7.38. The molecule has 0 N–H and O–H groups in total. The molecule has 0 radical (unpaired) electrons. The van der Waals surface area contributed by atoms with Crippen LogP contribution in [0.4, 0.5) is 0 Å². The van der Waals surface area contributed by atoms with E-state index in [9.17, 15) is 4.79 Å².